The van der Waals surface area contributed by atoms with Crippen LogP contribution in [0.3, 0.4) is 0 Å². The molecule has 1 aromatic rings. The lowest BCUT2D eigenvalue weighted by Gasteiger charge is -2.18. The van der Waals surface area contributed by atoms with Crippen LogP contribution < -0.4 is 5.73 Å². The van der Waals surface area contributed by atoms with Gasteiger partial charge >= 0.3 is 0 Å². The largest absolute Gasteiger partial charge is 0.404 e. The molecule has 0 unspecified atom stereocenters. The van der Waals surface area contributed by atoms with E-state index in [1.54, 1.807) is 6.20 Å². The molecule has 0 aromatic carbocycles. The smallest absolute Gasteiger partial charge is 0.0522 e. The number of nitrogens with two attached hydrogens (primary N) is 1. The molecule has 1 aliphatic rings. The lowest BCUT2D eigenvalue weighted by molar-refractivity contribution is 1.01. The number of rotatable bonds is 1. The first kappa shape index (κ1) is 12.6. The molecule has 2 rings (SSSR count). The number of pyridine rings is 1. The summed E-state index contributed by atoms with van der Waals surface area (Å²) in [5.74, 6) is 0. The zero-order chi connectivity index (χ0) is 13.3. The molecule has 0 amide bonds. The van der Waals surface area contributed by atoms with Crippen molar-refractivity contribution >= 4 is 6.08 Å². The van der Waals surface area contributed by atoms with Gasteiger partial charge < -0.3 is 5.73 Å². The average Bonchev–Trinajstić information content (AvgIpc) is 2.41. The van der Waals surface area contributed by atoms with Crippen LogP contribution in [0.4, 0.5) is 0 Å². The van der Waals surface area contributed by atoms with Gasteiger partial charge in [0, 0.05) is 12.6 Å². The summed E-state index contributed by atoms with van der Waals surface area (Å²) in [7, 11) is 0. The molecule has 0 aliphatic heterocycles. The number of hydrogen-bond donors (Lipinski definition) is 1. The minimum atomic E-state index is 0.893. The molecule has 1 aromatic heterocycles. The first-order valence-electron chi connectivity index (χ1n) is 6.26. The maximum absolute atomic E-state index is 5.58. The average molecular weight is 240 g/mol. The zero-order valence-corrected chi connectivity index (χ0v) is 11.5. The minimum Gasteiger partial charge on any atom is -0.404 e. The molecule has 2 nitrogen and oxygen atoms in total. The van der Waals surface area contributed by atoms with E-state index in [1.165, 1.54) is 33.5 Å². The number of aryl methyl sites for hydroxylation is 1. The second-order valence-corrected chi connectivity index (χ2v) is 4.94. The fraction of sp³-hybridized carbons (Fsp3) is 0.312. The highest BCUT2D eigenvalue weighted by Crippen LogP contribution is 2.28. The highest BCUT2D eigenvalue weighted by atomic mass is 14.7. The summed E-state index contributed by atoms with van der Waals surface area (Å²) in [4.78, 5) is 4.56. The van der Waals surface area contributed by atoms with E-state index in [-0.39, 0.29) is 0 Å². The van der Waals surface area contributed by atoms with Crippen molar-refractivity contribution in [3.63, 3.8) is 0 Å². The van der Waals surface area contributed by atoms with Crippen molar-refractivity contribution in [3.05, 3.63) is 57.6 Å². The normalized spacial score (nSPS) is 17.7. The van der Waals surface area contributed by atoms with Gasteiger partial charge in [0.1, 0.15) is 0 Å². The predicted octanol–water partition coefficient (Wildman–Crippen LogP) is 3.45. The summed E-state index contributed by atoms with van der Waals surface area (Å²) in [6.45, 7) is 8.42. The van der Waals surface area contributed by atoms with Crippen molar-refractivity contribution in [3.8, 4) is 0 Å². The van der Waals surface area contributed by atoms with Crippen LogP contribution in [0, 0.1) is 13.8 Å². The summed E-state index contributed by atoms with van der Waals surface area (Å²) >= 11 is 0. The number of nitrogens with zero attached hydrogens (tertiary/aromatic N) is 1. The molecule has 18 heavy (non-hydrogen) atoms. The van der Waals surface area contributed by atoms with Gasteiger partial charge in [-0.2, -0.15) is 0 Å². The predicted molar refractivity (Wildman–Crippen MR) is 77.1 cm³/mol. The van der Waals surface area contributed by atoms with Crippen molar-refractivity contribution in [2.24, 2.45) is 5.73 Å². The summed E-state index contributed by atoms with van der Waals surface area (Å²) < 4.78 is 0. The number of allylic oxidation sites excluding steroid dienone is 4. The first-order valence-corrected chi connectivity index (χ1v) is 6.26. The molecular formula is C16H20N2. The fourth-order valence-electron chi connectivity index (χ4n) is 2.19. The van der Waals surface area contributed by atoms with Gasteiger partial charge in [0.05, 0.1) is 5.69 Å². The lowest BCUT2D eigenvalue weighted by Crippen LogP contribution is -2.06. The quantitative estimate of drug-likeness (QED) is 0.816. The summed E-state index contributed by atoms with van der Waals surface area (Å²) in [5.41, 5.74) is 14.3. The van der Waals surface area contributed by atoms with Gasteiger partial charge in [-0.15, -0.1) is 0 Å². The van der Waals surface area contributed by atoms with Crippen LogP contribution in [0.1, 0.15) is 36.2 Å². The Balaban J connectivity index is 2.48. The summed E-state index contributed by atoms with van der Waals surface area (Å²) in [6, 6.07) is 0. The highest BCUT2D eigenvalue weighted by Gasteiger charge is 2.14. The van der Waals surface area contributed by atoms with Crippen LogP contribution in [0.5, 0.6) is 0 Å². The van der Waals surface area contributed by atoms with Crippen LogP contribution in [0.2, 0.25) is 0 Å². The number of aromatic nitrogens is 1. The van der Waals surface area contributed by atoms with E-state index in [0.29, 0.717) is 0 Å². The SMILES string of the molecule is CC(=CN)C(C)=C1C=Cc2c(ncc(C)c2C)C1. The Labute approximate surface area is 109 Å². The van der Waals surface area contributed by atoms with Crippen LogP contribution in [-0.4, -0.2) is 4.98 Å². The Morgan fingerprint density at radius 3 is 2.67 bits per heavy atom. The van der Waals surface area contributed by atoms with Crippen LogP contribution in [0.25, 0.3) is 6.08 Å². The lowest BCUT2D eigenvalue weighted by atomic mass is 9.90. The monoisotopic (exact) mass is 240 g/mol. The molecule has 0 atom stereocenters. The van der Waals surface area contributed by atoms with Crippen molar-refractivity contribution in [2.45, 2.75) is 34.1 Å². The summed E-state index contributed by atoms with van der Waals surface area (Å²) in [6.07, 6.45) is 8.89. The third-order valence-corrected chi connectivity index (χ3v) is 3.85. The van der Waals surface area contributed by atoms with Crippen LogP contribution in [0.15, 0.2) is 35.2 Å². The Morgan fingerprint density at radius 2 is 2.00 bits per heavy atom. The maximum Gasteiger partial charge on any atom is 0.0522 e. The molecule has 1 aliphatic carbocycles. The third-order valence-electron chi connectivity index (χ3n) is 3.85. The molecule has 2 heteroatoms. The van der Waals surface area contributed by atoms with E-state index >= 15 is 0 Å². The van der Waals surface area contributed by atoms with E-state index in [1.807, 2.05) is 13.1 Å². The molecule has 0 saturated carbocycles. The van der Waals surface area contributed by atoms with Gasteiger partial charge in [0.25, 0.3) is 0 Å². The topological polar surface area (TPSA) is 38.9 Å². The second-order valence-electron chi connectivity index (χ2n) is 4.94. The molecular weight excluding hydrogens is 220 g/mol. The molecule has 0 bridgehead atoms. The van der Waals surface area contributed by atoms with Crippen molar-refractivity contribution in [1.82, 2.24) is 4.98 Å². The third kappa shape index (κ3) is 2.10. The molecule has 0 saturated heterocycles. The molecule has 0 radical (unpaired) electrons. The van der Waals surface area contributed by atoms with Gasteiger partial charge in [-0.1, -0.05) is 12.2 Å². The molecule has 0 fully saturated rings. The molecule has 2 N–H and O–H groups in total. The van der Waals surface area contributed by atoms with Crippen molar-refractivity contribution < 1.29 is 0 Å². The van der Waals surface area contributed by atoms with Gasteiger partial charge in [-0.05, 0) is 67.3 Å². The van der Waals surface area contributed by atoms with Crippen molar-refractivity contribution in [1.29, 1.82) is 0 Å². The van der Waals surface area contributed by atoms with Crippen molar-refractivity contribution in [2.75, 3.05) is 0 Å². The van der Waals surface area contributed by atoms with E-state index in [2.05, 4.69) is 37.9 Å². The summed E-state index contributed by atoms with van der Waals surface area (Å²) in [5, 5.41) is 0. The standard InChI is InChI=1S/C16H20N2/c1-10(8-17)12(3)14-5-6-15-13(4)11(2)9-18-16(15)7-14/h5-6,8-9H,7,17H2,1-4H3. The minimum absolute atomic E-state index is 0.893. The zero-order valence-electron chi connectivity index (χ0n) is 11.5. The number of fused-ring (bicyclic) bond motifs is 1. The van der Waals surface area contributed by atoms with Gasteiger partial charge in [-0.25, -0.2) is 0 Å². The fourth-order valence-corrected chi connectivity index (χ4v) is 2.19. The highest BCUT2D eigenvalue weighted by molar-refractivity contribution is 5.65. The molecule has 1 heterocycles. The van der Waals surface area contributed by atoms with Crippen LogP contribution >= 0.6 is 0 Å². The van der Waals surface area contributed by atoms with Gasteiger partial charge in [0.15, 0.2) is 0 Å². The first-order chi connectivity index (χ1) is 8.54. The van der Waals surface area contributed by atoms with Gasteiger partial charge in [0.2, 0.25) is 0 Å². The van der Waals surface area contributed by atoms with E-state index < -0.39 is 0 Å². The van der Waals surface area contributed by atoms with Gasteiger partial charge in [-0.3, -0.25) is 4.98 Å². The second kappa shape index (κ2) is 4.81. The van der Waals surface area contributed by atoms with E-state index in [9.17, 15) is 0 Å². The maximum atomic E-state index is 5.58. The Morgan fingerprint density at radius 1 is 1.28 bits per heavy atom. The molecule has 0 spiro atoms. The Kier molecular flexibility index (Phi) is 3.37. The Bertz CT molecular complexity index is 575. The van der Waals surface area contributed by atoms with E-state index in [4.69, 9.17) is 5.73 Å². The van der Waals surface area contributed by atoms with Crippen LogP contribution in [-0.2, 0) is 6.42 Å². The molecule has 94 valence electrons. The Hall–Kier alpha value is -1.83. The number of hydrogen-bond acceptors (Lipinski definition) is 2. The van der Waals surface area contributed by atoms with E-state index in [0.717, 1.165) is 12.0 Å².